The number of carbonyl (C=O) groups is 2. The minimum Gasteiger partial charge on any atom is -0.462 e. The summed E-state index contributed by atoms with van der Waals surface area (Å²) in [5.74, 6) is 0.776. The van der Waals surface area contributed by atoms with Gasteiger partial charge in [-0.25, -0.2) is 4.79 Å². The highest BCUT2D eigenvalue weighted by Crippen LogP contribution is 2.56. The maximum atomic E-state index is 12.7. The van der Waals surface area contributed by atoms with Crippen LogP contribution in [0.2, 0.25) is 0 Å². The second-order valence-electron chi connectivity index (χ2n) is 9.39. The Bertz CT molecular complexity index is 642. The van der Waals surface area contributed by atoms with Crippen LogP contribution in [0.5, 0.6) is 0 Å². The predicted octanol–water partition coefficient (Wildman–Crippen LogP) is 3.07. The highest BCUT2D eigenvalue weighted by atomic mass is 16.6. The monoisotopic (exact) mass is 390 g/mol. The van der Waals surface area contributed by atoms with Crippen molar-refractivity contribution in [1.82, 2.24) is 9.80 Å². The van der Waals surface area contributed by atoms with E-state index in [1.54, 1.807) is 4.90 Å². The van der Waals surface area contributed by atoms with E-state index in [9.17, 15) is 9.59 Å². The topological polar surface area (TPSA) is 59.1 Å². The molecule has 5 unspecified atom stereocenters. The normalized spacial score (nSPS) is 38.6. The van der Waals surface area contributed by atoms with Gasteiger partial charge in [-0.1, -0.05) is 19.1 Å². The van der Waals surface area contributed by atoms with Crippen LogP contribution in [0.3, 0.4) is 0 Å². The zero-order valence-corrected chi connectivity index (χ0v) is 17.3. The van der Waals surface area contributed by atoms with Crippen LogP contribution in [0.1, 0.15) is 46.0 Å². The van der Waals surface area contributed by atoms with E-state index in [2.05, 4.69) is 18.4 Å². The third kappa shape index (κ3) is 3.56. The van der Waals surface area contributed by atoms with Crippen molar-refractivity contribution in [2.45, 2.75) is 52.1 Å². The molecule has 0 spiro atoms. The van der Waals surface area contributed by atoms with Crippen LogP contribution in [-0.4, -0.2) is 67.3 Å². The number of carbonyl (C=O) groups excluding carboxylic acids is 2. The summed E-state index contributed by atoms with van der Waals surface area (Å²) in [6, 6.07) is 0. The van der Waals surface area contributed by atoms with Gasteiger partial charge in [-0.2, -0.15) is 0 Å². The fourth-order valence-electron chi connectivity index (χ4n) is 6.07. The molecule has 2 aliphatic heterocycles. The number of ether oxygens (including phenoxy) is 2. The largest absolute Gasteiger partial charge is 0.462 e. The van der Waals surface area contributed by atoms with Crippen LogP contribution in [-0.2, 0) is 14.3 Å². The lowest BCUT2D eigenvalue weighted by molar-refractivity contribution is -0.146. The van der Waals surface area contributed by atoms with Crippen molar-refractivity contribution in [3.63, 3.8) is 0 Å². The minimum atomic E-state index is -0.232. The van der Waals surface area contributed by atoms with Gasteiger partial charge in [0.1, 0.15) is 6.10 Å². The van der Waals surface area contributed by atoms with Crippen LogP contribution < -0.4 is 0 Å². The maximum absolute atomic E-state index is 12.7. The number of hydrogen-bond donors (Lipinski definition) is 0. The first-order chi connectivity index (χ1) is 13.4. The van der Waals surface area contributed by atoms with Crippen molar-refractivity contribution >= 4 is 12.1 Å². The van der Waals surface area contributed by atoms with E-state index in [1.165, 1.54) is 18.4 Å². The van der Waals surface area contributed by atoms with Gasteiger partial charge < -0.3 is 14.4 Å². The zero-order chi connectivity index (χ0) is 19.9. The van der Waals surface area contributed by atoms with Gasteiger partial charge >= 0.3 is 12.1 Å². The fraction of sp³-hybridized carbons (Fsp3) is 0.818. The van der Waals surface area contributed by atoms with Crippen LogP contribution in [0.15, 0.2) is 12.2 Å². The quantitative estimate of drug-likeness (QED) is 0.547. The van der Waals surface area contributed by atoms with Gasteiger partial charge in [0, 0.05) is 38.6 Å². The molecule has 5 atom stereocenters. The molecule has 0 N–H and O–H groups in total. The molecule has 2 saturated carbocycles. The minimum absolute atomic E-state index is 0.0179. The smallest absolute Gasteiger partial charge is 0.409 e. The maximum Gasteiger partial charge on any atom is 0.409 e. The second kappa shape index (κ2) is 7.69. The fourth-order valence-corrected chi connectivity index (χ4v) is 6.07. The number of piperazine rings is 1. The first-order valence-corrected chi connectivity index (χ1v) is 10.9. The second-order valence-corrected chi connectivity index (χ2v) is 9.39. The van der Waals surface area contributed by atoms with Crippen LogP contribution in [0.25, 0.3) is 0 Å². The highest BCUT2D eigenvalue weighted by Gasteiger charge is 2.55. The lowest BCUT2D eigenvalue weighted by Crippen LogP contribution is -2.51. The lowest BCUT2D eigenvalue weighted by atomic mass is 9.55. The Morgan fingerprint density at radius 3 is 2.79 bits per heavy atom. The lowest BCUT2D eigenvalue weighted by Gasteiger charge is -2.50. The molecule has 2 aliphatic carbocycles. The van der Waals surface area contributed by atoms with Crippen molar-refractivity contribution in [2.24, 2.45) is 23.2 Å². The van der Waals surface area contributed by atoms with E-state index in [0.717, 1.165) is 38.9 Å². The van der Waals surface area contributed by atoms with Crippen LogP contribution in [0, 0.1) is 23.2 Å². The van der Waals surface area contributed by atoms with Gasteiger partial charge in [0.25, 0.3) is 0 Å². The Morgan fingerprint density at radius 2 is 2.07 bits per heavy atom. The number of esters is 1. The number of fused-ring (bicyclic) bond motifs is 2. The van der Waals surface area contributed by atoms with Gasteiger partial charge in [0.15, 0.2) is 0 Å². The summed E-state index contributed by atoms with van der Waals surface area (Å²) in [6.45, 7) is 12.6. The number of amides is 1. The average Bonchev–Trinajstić information content (AvgIpc) is 2.95. The van der Waals surface area contributed by atoms with Crippen LogP contribution in [0.4, 0.5) is 4.79 Å². The number of allylic oxidation sites excluding steroid dienone is 1. The molecule has 28 heavy (non-hydrogen) atoms. The number of hydrogen-bond acceptors (Lipinski definition) is 5. The Hall–Kier alpha value is -1.56. The van der Waals surface area contributed by atoms with Gasteiger partial charge in [0.05, 0.1) is 12.5 Å². The summed E-state index contributed by atoms with van der Waals surface area (Å²) in [5.41, 5.74) is 1.63. The summed E-state index contributed by atoms with van der Waals surface area (Å²) < 4.78 is 11.0. The number of nitrogens with zero attached hydrogens (tertiary/aromatic N) is 2. The first-order valence-electron chi connectivity index (χ1n) is 10.9. The number of rotatable bonds is 3. The molecule has 6 nitrogen and oxygen atoms in total. The van der Waals surface area contributed by atoms with Crippen molar-refractivity contribution in [1.29, 1.82) is 0 Å². The third-order valence-corrected chi connectivity index (χ3v) is 7.67. The van der Waals surface area contributed by atoms with Crippen LogP contribution >= 0.6 is 0 Å². The standard InChI is InChI=1S/C22H34N2O4/c1-4-27-21(26)24-10-8-23(9-11-24)14-17-16-12-18-15(2)6-5-7-22(18,3)13-19(16)28-20(17)25/h16-19H,2,4-14H2,1,3H3. The molecule has 2 saturated heterocycles. The molecule has 6 heteroatoms. The van der Waals surface area contributed by atoms with Gasteiger partial charge in [-0.05, 0) is 50.4 Å². The van der Waals surface area contributed by atoms with Gasteiger partial charge in [-0.15, -0.1) is 0 Å². The Labute approximate surface area is 168 Å². The summed E-state index contributed by atoms with van der Waals surface area (Å²) in [6.07, 6.45) is 5.44. The molecule has 2 heterocycles. The van der Waals surface area contributed by atoms with Gasteiger partial charge in [-0.3, -0.25) is 9.69 Å². The van der Waals surface area contributed by atoms with Crippen molar-refractivity contribution in [2.75, 3.05) is 39.3 Å². The molecule has 4 aliphatic rings. The molecular weight excluding hydrogens is 356 g/mol. The molecule has 1 amide bonds. The van der Waals surface area contributed by atoms with Gasteiger partial charge in [0.2, 0.25) is 0 Å². The molecule has 0 aromatic carbocycles. The van der Waals surface area contributed by atoms with Crippen molar-refractivity contribution in [3.05, 3.63) is 12.2 Å². The van der Waals surface area contributed by atoms with E-state index < -0.39 is 0 Å². The molecule has 0 aromatic rings. The van der Waals surface area contributed by atoms with E-state index in [1.807, 2.05) is 6.92 Å². The molecular formula is C22H34N2O4. The van der Waals surface area contributed by atoms with Crippen molar-refractivity contribution in [3.8, 4) is 0 Å². The molecule has 4 rings (SSSR count). The Kier molecular flexibility index (Phi) is 5.43. The zero-order valence-electron chi connectivity index (χ0n) is 17.3. The van der Waals surface area contributed by atoms with E-state index in [-0.39, 0.29) is 29.5 Å². The third-order valence-electron chi connectivity index (χ3n) is 7.67. The van der Waals surface area contributed by atoms with E-state index in [0.29, 0.717) is 31.5 Å². The molecule has 156 valence electrons. The average molecular weight is 391 g/mol. The van der Waals surface area contributed by atoms with E-state index in [4.69, 9.17) is 9.47 Å². The van der Waals surface area contributed by atoms with Crippen molar-refractivity contribution < 1.29 is 19.1 Å². The summed E-state index contributed by atoms with van der Waals surface area (Å²) >= 11 is 0. The molecule has 0 bridgehead atoms. The summed E-state index contributed by atoms with van der Waals surface area (Å²) in [4.78, 5) is 28.7. The first kappa shape index (κ1) is 19.7. The highest BCUT2D eigenvalue weighted by molar-refractivity contribution is 5.75. The summed E-state index contributed by atoms with van der Waals surface area (Å²) in [7, 11) is 0. The SMILES string of the molecule is C=C1CCCC2(C)CC3OC(=O)C(CN4CCN(C(=O)OCC)CC4)C3CC12. The van der Waals surface area contributed by atoms with E-state index >= 15 is 0 Å². The molecule has 4 fully saturated rings. The summed E-state index contributed by atoms with van der Waals surface area (Å²) in [5, 5.41) is 0. The Morgan fingerprint density at radius 1 is 1.32 bits per heavy atom. The molecule has 0 radical (unpaired) electrons. The molecule has 0 aromatic heterocycles. The Balaban J connectivity index is 1.38. The predicted molar refractivity (Wildman–Crippen MR) is 106 cm³/mol.